The van der Waals surface area contributed by atoms with Crippen LogP contribution in [0.5, 0.6) is 5.75 Å². The number of benzene rings is 1. The number of nitrogens with one attached hydrogen (secondary N) is 2. The molecule has 148 valence electrons. The highest BCUT2D eigenvalue weighted by atomic mass is 16.5. The number of ether oxygens (including phenoxy) is 1. The molecule has 0 spiro atoms. The van der Waals surface area contributed by atoms with E-state index in [0.717, 1.165) is 44.6 Å². The standard InChI is InChI=1S/C20H30N4O3/c1-23-10-7-16(8-11-23)14-24(19(25)18-13-21-20(26)22-18)12-9-15-3-5-17(27-2)6-4-15/h3-6,16,18H,7-14H2,1-2H3,(H2,21,22,26). The zero-order chi connectivity index (χ0) is 19.2. The maximum atomic E-state index is 13.0. The maximum Gasteiger partial charge on any atom is 0.315 e. The van der Waals surface area contributed by atoms with Crippen LogP contribution in [-0.2, 0) is 11.2 Å². The van der Waals surface area contributed by atoms with Crippen molar-refractivity contribution in [2.45, 2.75) is 25.3 Å². The van der Waals surface area contributed by atoms with E-state index < -0.39 is 6.04 Å². The number of urea groups is 1. The summed E-state index contributed by atoms with van der Waals surface area (Å²) in [5.74, 6) is 1.37. The zero-order valence-corrected chi connectivity index (χ0v) is 16.2. The van der Waals surface area contributed by atoms with Crippen LogP contribution in [0.1, 0.15) is 18.4 Å². The molecule has 3 rings (SSSR count). The molecule has 0 saturated carbocycles. The fraction of sp³-hybridized carbons (Fsp3) is 0.600. The fourth-order valence-electron chi connectivity index (χ4n) is 3.73. The number of methoxy groups -OCH3 is 1. The van der Waals surface area contributed by atoms with Crippen molar-refractivity contribution >= 4 is 11.9 Å². The topological polar surface area (TPSA) is 73.9 Å². The van der Waals surface area contributed by atoms with Gasteiger partial charge in [0.05, 0.1) is 7.11 Å². The molecular weight excluding hydrogens is 344 g/mol. The SMILES string of the molecule is COc1ccc(CCN(CC2CCN(C)CC2)C(=O)C2CNC(=O)N2)cc1. The van der Waals surface area contributed by atoms with Crippen molar-refractivity contribution in [2.24, 2.45) is 5.92 Å². The summed E-state index contributed by atoms with van der Waals surface area (Å²) in [6.07, 6.45) is 3.01. The van der Waals surface area contributed by atoms with Crippen LogP contribution in [-0.4, -0.2) is 74.7 Å². The molecule has 0 radical (unpaired) electrons. The second-order valence-electron chi connectivity index (χ2n) is 7.54. The number of amides is 3. The minimum atomic E-state index is -0.459. The molecule has 7 heteroatoms. The second-order valence-corrected chi connectivity index (χ2v) is 7.54. The Balaban J connectivity index is 1.62. The Kier molecular flexibility index (Phi) is 6.55. The van der Waals surface area contributed by atoms with Gasteiger partial charge >= 0.3 is 6.03 Å². The molecule has 2 N–H and O–H groups in total. The van der Waals surface area contributed by atoms with Gasteiger partial charge in [0.15, 0.2) is 0 Å². The largest absolute Gasteiger partial charge is 0.497 e. The lowest BCUT2D eigenvalue weighted by atomic mass is 9.96. The first-order valence-corrected chi connectivity index (χ1v) is 9.70. The van der Waals surface area contributed by atoms with Gasteiger partial charge in [0.25, 0.3) is 0 Å². The fourth-order valence-corrected chi connectivity index (χ4v) is 3.73. The van der Waals surface area contributed by atoms with Gasteiger partial charge in [-0.1, -0.05) is 12.1 Å². The molecule has 0 bridgehead atoms. The molecule has 2 saturated heterocycles. The van der Waals surface area contributed by atoms with E-state index in [1.165, 1.54) is 5.56 Å². The van der Waals surface area contributed by atoms with Gasteiger partial charge in [-0.25, -0.2) is 4.79 Å². The van der Waals surface area contributed by atoms with Crippen molar-refractivity contribution in [3.8, 4) is 5.75 Å². The maximum absolute atomic E-state index is 13.0. The number of rotatable bonds is 7. The lowest BCUT2D eigenvalue weighted by Gasteiger charge is -2.34. The predicted octanol–water partition coefficient (Wildman–Crippen LogP) is 1.09. The minimum Gasteiger partial charge on any atom is -0.497 e. The lowest BCUT2D eigenvalue weighted by molar-refractivity contribution is -0.133. The van der Waals surface area contributed by atoms with E-state index in [1.54, 1.807) is 7.11 Å². The van der Waals surface area contributed by atoms with E-state index in [1.807, 2.05) is 29.2 Å². The average Bonchev–Trinajstić information content (AvgIpc) is 3.13. The van der Waals surface area contributed by atoms with Gasteiger partial charge < -0.3 is 25.2 Å². The Labute approximate surface area is 161 Å². The monoisotopic (exact) mass is 374 g/mol. The van der Waals surface area contributed by atoms with Crippen LogP contribution in [0.3, 0.4) is 0 Å². The van der Waals surface area contributed by atoms with Crippen LogP contribution in [0, 0.1) is 5.92 Å². The third-order valence-corrected chi connectivity index (χ3v) is 5.53. The molecule has 1 atom stereocenters. The summed E-state index contributed by atoms with van der Waals surface area (Å²) in [4.78, 5) is 28.7. The molecule has 2 aliphatic heterocycles. The highest BCUT2D eigenvalue weighted by Crippen LogP contribution is 2.19. The van der Waals surface area contributed by atoms with Crippen molar-refractivity contribution < 1.29 is 14.3 Å². The first-order valence-electron chi connectivity index (χ1n) is 9.70. The molecule has 27 heavy (non-hydrogen) atoms. The molecule has 1 unspecified atom stereocenters. The van der Waals surface area contributed by atoms with Gasteiger partial charge in [-0.05, 0) is 63.0 Å². The van der Waals surface area contributed by atoms with E-state index in [2.05, 4.69) is 22.6 Å². The summed E-state index contributed by atoms with van der Waals surface area (Å²) >= 11 is 0. The highest BCUT2D eigenvalue weighted by Gasteiger charge is 2.32. The summed E-state index contributed by atoms with van der Waals surface area (Å²) in [6, 6.07) is 7.24. The molecule has 0 aromatic heterocycles. The van der Waals surface area contributed by atoms with Gasteiger partial charge in [0.1, 0.15) is 11.8 Å². The number of likely N-dealkylation sites (tertiary alicyclic amines) is 1. The Morgan fingerprint density at radius 2 is 1.96 bits per heavy atom. The van der Waals surface area contributed by atoms with Gasteiger partial charge in [0.2, 0.25) is 5.91 Å². The first kappa shape index (κ1) is 19.5. The molecule has 2 aliphatic rings. The van der Waals surface area contributed by atoms with Crippen molar-refractivity contribution in [3.05, 3.63) is 29.8 Å². The number of carbonyl (C=O) groups excluding carboxylic acids is 2. The van der Waals surface area contributed by atoms with E-state index in [9.17, 15) is 9.59 Å². The third-order valence-electron chi connectivity index (χ3n) is 5.53. The highest BCUT2D eigenvalue weighted by molar-refractivity contribution is 5.90. The van der Waals surface area contributed by atoms with Crippen molar-refractivity contribution in [1.82, 2.24) is 20.4 Å². The molecule has 1 aromatic carbocycles. The third kappa shape index (κ3) is 5.35. The van der Waals surface area contributed by atoms with Crippen molar-refractivity contribution in [3.63, 3.8) is 0 Å². The van der Waals surface area contributed by atoms with Gasteiger partial charge in [-0.2, -0.15) is 0 Å². The van der Waals surface area contributed by atoms with E-state index in [-0.39, 0.29) is 11.9 Å². The van der Waals surface area contributed by atoms with Crippen LogP contribution in [0.25, 0.3) is 0 Å². The van der Waals surface area contributed by atoms with E-state index >= 15 is 0 Å². The Hall–Kier alpha value is -2.28. The smallest absolute Gasteiger partial charge is 0.315 e. The van der Waals surface area contributed by atoms with Gasteiger partial charge in [-0.3, -0.25) is 4.79 Å². The summed E-state index contributed by atoms with van der Waals surface area (Å²) in [6.45, 7) is 3.93. The second kappa shape index (κ2) is 9.08. The molecular formula is C20H30N4O3. The Morgan fingerprint density at radius 1 is 1.26 bits per heavy atom. The lowest BCUT2D eigenvalue weighted by Crippen LogP contribution is -2.49. The Morgan fingerprint density at radius 3 is 2.56 bits per heavy atom. The summed E-state index contributed by atoms with van der Waals surface area (Å²) in [7, 11) is 3.80. The number of hydrogen-bond acceptors (Lipinski definition) is 4. The van der Waals surface area contributed by atoms with Crippen LogP contribution >= 0.6 is 0 Å². The van der Waals surface area contributed by atoms with E-state index in [4.69, 9.17) is 4.74 Å². The molecule has 2 fully saturated rings. The van der Waals surface area contributed by atoms with Crippen LogP contribution in [0.15, 0.2) is 24.3 Å². The number of piperidine rings is 1. The van der Waals surface area contributed by atoms with Crippen LogP contribution < -0.4 is 15.4 Å². The van der Waals surface area contributed by atoms with Crippen molar-refractivity contribution in [1.29, 1.82) is 0 Å². The normalized spacial score (nSPS) is 20.8. The predicted molar refractivity (Wildman–Crippen MR) is 104 cm³/mol. The van der Waals surface area contributed by atoms with Gasteiger partial charge in [-0.15, -0.1) is 0 Å². The molecule has 7 nitrogen and oxygen atoms in total. The first-order chi connectivity index (χ1) is 13.0. The molecule has 1 aromatic rings. The quantitative estimate of drug-likeness (QED) is 0.749. The van der Waals surface area contributed by atoms with Crippen LogP contribution in [0.2, 0.25) is 0 Å². The number of nitrogens with zero attached hydrogens (tertiary/aromatic N) is 2. The zero-order valence-electron chi connectivity index (χ0n) is 16.2. The van der Waals surface area contributed by atoms with E-state index in [0.29, 0.717) is 19.0 Å². The minimum absolute atomic E-state index is 0.0146. The number of hydrogen-bond donors (Lipinski definition) is 2. The van der Waals surface area contributed by atoms with Gasteiger partial charge in [0, 0.05) is 19.6 Å². The Bertz CT molecular complexity index is 641. The summed E-state index contributed by atoms with van der Waals surface area (Å²) in [5, 5.41) is 5.41. The molecule has 2 heterocycles. The number of carbonyl (C=O) groups is 2. The average molecular weight is 374 g/mol. The molecule has 0 aliphatic carbocycles. The van der Waals surface area contributed by atoms with Crippen LogP contribution in [0.4, 0.5) is 4.79 Å². The summed E-state index contributed by atoms with van der Waals surface area (Å²) < 4.78 is 5.20. The van der Waals surface area contributed by atoms with Crippen molar-refractivity contribution in [2.75, 3.05) is 46.9 Å². The summed E-state index contributed by atoms with van der Waals surface area (Å²) in [5.41, 5.74) is 1.17. The molecule has 3 amide bonds.